The highest BCUT2D eigenvalue weighted by molar-refractivity contribution is 6.33. The molecule has 2 aromatic rings. The molecule has 1 aliphatic heterocycles. The number of carboxylic acid groups (broad SMARTS) is 1. The molecular weight excluding hydrogens is 282 g/mol. The summed E-state index contributed by atoms with van der Waals surface area (Å²) in [5.41, 5.74) is 2.09. The number of hydrogen-bond donors (Lipinski definition) is 1. The van der Waals surface area contributed by atoms with Crippen LogP contribution in [0.4, 0.5) is 5.69 Å². The Morgan fingerprint density at radius 3 is 2.75 bits per heavy atom. The van der Waals surface area contributed by atoms with Gasteiger partial charge in [-0.15, -0.1) is 0 Å². The monoisotopic (exact) mass is 291 g/mol. The predicted octanol–water partition coefficient (Wildman–Crippen LogP) is 2.83. The highest BCUT2D eigenvalue weighted by atomic mass is 35.5. The molecule has 1 aromatic carbocycles. The molecule has 0 radical (unpaired) electrons. The summed E-state index contributed by atoms with van der Waals surface area (Å²) in [7, 11) is 0. The van der Waals surface area contributed by atoms with Crippen LogP contribution >= 0.6 is 11.6 Å². The fraction of sp³-hybridized carbons (Fsp3) is 0.143. The molecule has 0 spiro atoms. The number of fused-ring (bicyclic) bond motifs is 1. The molecule has 0 atom stereocenters. The third-order valence-corrected chi connectivity index (χ3v) is 3.61. The lowest BCUT2D eigenvalue weighted by Gasteiger charge is -2.16. The predicted molar refractivity (Wildman–Crippen MR) is 72.5 cm³/mol. The van der Waals surface area contributed by atoms with E-state index in [2.05, 4.69) is 0 Å². The number of carboxylic acids is 1. The summed E-state index contributed by atoms with van der Waals surface area (Å²) in [5, 5.41) is 9.03. The Bertz CT molecular complexity index is 707. The number of nitrogens with zero attached hydrogens (tertiary/aromatic N) is 1. The first-order valence-corrected chi connectivity index (χ1v) is 6.37. The summed E-state index contributed by atoms with van der Waals surface area (Å²) in [6.07, 6.45) is 1.98. The Kier molecular flexibility index (Phi) is 2.99. The number of furan rings is 1. The topological polar surface area (TPSA) is 70.8 Å². The molecule has 3 rings (SSSR count). The van der Waals surface area contributed by atoms with Crippen molar-refractivity contribution in [2.24, 2.45) is 0 Å². The average Bonchev–Trinajstić information content (AvgIpc) is 3.03. The van der Waals surface area contributed by atoms with Crippen molar-refractivity contribution in [3.05, 3.63) is 52.4 Å². The second kappa shape index (κ2) is 4.68. The van der Waals surface area contributed by atoms with Crippen LogP contribution in [-0.4, -0.2) is 23.5 Å². The number of benzene rings is 1. The van der Waals surface area contributed by atoms with E-state index < -0.39 is 5.97 Å². The minimum absolute atomic E-state index is 0.0607. The lowest BCUT2D eigenvalue weighted by Crippen LogP contribution is -2.28. The van der Waals surface area contributed by atoms with Crippen LogP contribution in [0.15, 0.2) is 34.9 Å². The van der Waals surface area contributed by atoms with E-state index in [4.69, 9.17) is 21.1 Å². The number of carbonyl (C=O) groups is 2. The van der Waals surface area contributed by atoms with Gasteiger partial charge in [0.2, 0.25) is 5.22 Å². The van der Waals surface area contributed by atoms with E-state index in [-0.39, 0.29) is 16.7 Å². The molecule has 2 heterocycles. The van der Waals surface area contributed by atoms with Crippen LogP contribution in [0.3, 0.4) is 0 Å². The van der Waals surface area contributed by atoms with E-state index in [9.17, 15) is 9.59 Å². The van der Waals surface area contributed by atoms with Crippen molar-refractivity contribution in [2.45, 2.75) is 6.42 Å². The van der Waals surface area contributed by atoms with E-state index in [0.29, 0.717) is 18.5 Å². The minimum Gasteiger partial charge on any atom is -0.478 e. The van der Waals surface area contributed by atoms with Crippen LogP contribution in [0.2, 0.25) is 5.22 Å². The number of hydrogen-bond acceptors (Lipinski definition) is 3. The molecule has 1 aromatic heterocycles. The van der Waals surface area contributed by atoms with E-state index >= 15 is 0 Å². The van der Waals surface area contributed by atoms with Crippen LogP contribution in [0, 0.1) is 0 Å². The van der Waals surface area contributed by atoms with Crippen LogP contribution in [0.25, 0.3) is 0 Å². The summed E-state index contributed by atoms with van der Waals surface area (Å²) in [6.45, 7) is 0.499. The molecule has 0 saturated heterocycles. The molecule has 0 saturated carbocycles. The molecule has 102 valence electrons. The number of amides is 1. The van der Waals surface area contributed by atoms with Gasteiger partial charge in [0.15, 0.2) is 0 Å². The van der Waals surface area contributed by atoms with Crippen molar-refractivity contribution in [3.63, 3.8) is 0 Å². The molecule has 1 aliphatic rings. The highest BCUT2D eigenvalue weighted by Gasteiger charge is 2.28. The van der Waals surface area contributed by atoms with Gasteiger partial charge in [-0.1, -0.05) is 0 Å². The first-order chi connectivity index (χ1) is 9.58. The van der Waals surface area contributed by atoms with Gasteiger partial charge in [0.25, 0.3) is 5.91 Å². The van der Waals surface area contributed by atoms with Gasteiger partial charge in [0.05, 0.1) is 17.4 Å². The number of rotatable bonds is 2. The number of anilines is 1. The van der Waals surface area contributed by atoms with Gasteiger partial charge in [-0.05, 0) is 47.9 Å². The smallest absolute Gasteiger partial charge is 0.335 e. The summed E-state index contributed by atoms with van der Waals surface area (Å²) in [5.74, 6) is -1.22. The van der Waals surface area contributed by atoms with E-state index in [1.54, 1.807) is 17.0 Å². The Hall–Kier alpha value is -2.27. The van der Waals surface area contributed by atoms with Gasteiger partial charge in [-0.3, -0.25) is 4.79 Å². The van der Waals surface area contributed by atoms with Gasteiger partial charge >= 0.3 is 5.97 Å². The summed E-state index contributed by atoms with van der Waals surface area (Å²) in [4.78, 5) is 24.9. The maximum atomic E-state index is 12.4. The molecule has 0 fully saturated rings. The zero-order valence-corrected chi connectivity index (χ0v) is 11.1. The SMILES string of the molecule is O=C(O)c1ccc2c(c1)CCN2C(=O)c1ccoc1Cl. The molecule has 20 heavy (non-hydrogen) atoms. The van der Waals surface area contributed by atoms with Crippen molar-refractivity contribution in [1.82, 2.24) is 0 Å². The quantitative estimate of drug-likeness (QED) is 0.923. The normalized spacial score (nSPS) is 13.3. The fourth-order valence-electron chi connectivity index (χ4n) is 2.34. The largest absolute Gasteiger partial charge is 0.478 e. The molecule has 1 amide bonds. The first kappa shape index (κ1) is 12.7. The Morgan fingerprint density at radius 2 is 2.10 bits per heavy atom. The summed E-state index contributed by atoms with van der Waals surface area (Å²) >= 11 is 5.82. The van der Waals surface area contributed by atoms with Crippen molar-refractivity contribution in [2.75, 3.05) is 11.4 Å². The second-order valence-electron chi connectivity index (χ2n) is 4.46. The lowest BCUT2D eigenvalue weighted by atomic mass is 10.1. The summed E-state index contributed by atoms with van der Waals surface area (Å²) in [6, 6.07) is 6.26. The van der Waals surface area contributed by atoms with Crippen molar-refractivity contribution in [1.29, 1.82) is 0 Å². The van der Waals surface area contributed by atoms with Crippen molar-refractivity contribution < 1.29 is 19.1 Å². The highest BCUT2D eigenvalue weighted by Crippen LogP contribution is 2.31. The average molecular weight is 292 g/mol. The Labute approximate surface area is 119 Å². The van der Waals surface area contributed by atoms with Gasteiger partial charge in [0, 0.05) is 12.2 Å². The van der Waals surface area contributed by atoms with Gasteiger partial charge < -0.3 is 14.4 Å². The van der Waals surface area contributed by atoms with E-state index in [1.165, 1.54) is 18.4 Å². The van der Waals surface area contributed by atoms with Gasteiger partial charge in [-0.2, -0.15) is 0 Å². The van der Waals surface area contributed by atoms with Crippen LogP contribution in [0.5, 0.6) is 0 Å². The van der Waals surface area contributed by atoms with E-state index in [1.807, 2.05) is 0 Å². The molecule has 1 N–H and O–H groups in total. The molecule has 0 unspecified atom stereocenters. The molecule has 0 aliphatic carbocycles. The Morgan fingerprint density at radius 1 is 1.30 bits per heavy atom. The molecule has 6 heteroatoms. The standard InChI is InChI=1S/C14H10ClNO4/c15-12-10(4-6-20-12)13(17)16-5-3-8-7-9(14(18)19)1-2-11(8)16/h1-2,4,6-7H,3,5H2,(H,18,19). The zero-order chi connectivity index (χ0) is 14.3. The number of halogens is 1. The zero-order valence-electron chi connectivity index (χ0n) is 10.3. The number of aromatic carboxylic acids is 1. The lowest BCUT2D eigenvalue weighted by molar-refractivity contribution is 0.0696. The third-order valence-electron chi connectivity index (χ3n) is 3.32. The van der Waals surface area contributed by atoms with Crippen LogP contribution in [-0.2, 0) is 6.42 Å². The van der Waals surface area contributed by atoms with Gasteiger partial charge in [-0.25, -0.2) is 4.79 Å². The van der Waals surface area contributed by atoms with Crippen molar-refractivity contribution >= 4 is 29.2 Å². The Balaban J connectivity index is 1.96. The maximum absolute atomic E-state index is 12.4. The fourth-order valence-corrected chi connectivity index (χ4v) is 2.53. The van der Waals surface area contributed by atoms with Gasteiger partial charge in [0.1, 0.15) is 0 Å². The maximum Gasteiger partial charge on any atom is 0.335 e. The first-order valence-electron chi connectivity index (χ1n) is 5.99. The van der Waals surface area contributed by atoms with Crippen molar-refractivity contribution in [3.8, 4) is 0 Å². The summed E-state index contributed by atoms with van der Waals surface area (Å²) < 4.78 is 4.92. The molecular formula is C14H10ClNO4. The minimum atomic E-state index is -0.976. The second-order valence-corrected chi connectivity index (χ2v) is 4.81. The van der Waals surface area contributed by atoms with E-state index in [0.717, 1.165) is 11.3 Å². The molecule has 0 bridgehead atoms. The van der Waals surface area contributed by atoms with Crippen LogP contribution in [0.1, 0.15) is 26.3 Å². The molecule has 5 nitrogen and oxygen atoms in total. The number of carbonyl (C=O) groups excluding carboxylic acids is 1. The van der Waals surface area contributed by atoms with Crippen LogP contribution < -0.4 is 4.90 Å². The third kappa shape index (κ3) is 1.96.